The van der Waals surface area contributed by atoms with Crippen LogP contribution in [0.25, 0.3) is 0 Å². The van der Waals surface area contributed by atoms with Crippen LogP contribution >= 0.6 is 15.9 Å². The summed E-state index contributed by atoms with van der Waals surface area (Å²) in [5.41, 5.74) is 3.52. The van der Waals surface area contributed by atoms with E-state index in [9.17, 15) is 0 Å². The zero-order valence-corrected chi connectivity index (χ0v) is 12.8. The Morgan fingerprint density at radius 1 is 1.30 bits per heavy atom. The molecule has 1 heterocycles. The fourth-order valence-electron chi connectivity index (χ4n) is 1.63. The molecule has 0 radical (unpaired) electrons. The van der Waals surface area contributed by atoms with E-state index in [-0.39, 0.29) is 12.0 Å². The molecule has 3 N–H and O–H groups in total. The van der Waals surface area contributed by atoms with Crippen molar-refractivity contribution in [2.24, 2.45) is 5.84 Å². The standard InChI is InChI=1S/C12H15BrN6O/c1-19(7-8-5-3-4-6-9(8)13)11-15-10(18-14)16-12(17-11)20-2/h3-6H,7,14H2,1-2H3,(H,15,16,17,18). The number of nitrogen functional groups attached to an aromatic ring is 1. The summed E-state index contributed by atoms with van der Waals surface area (Å²) in [7, 11) is 3.38. The lowest BCUT2D eigenvalue weighted by molar-refractivity contribution is 0.379. The molecule has 0 fully saturated rings. The molecule has 0 aliphatic heterocycles. The summed E-state index contributed by atoms with van der Waals surface area (Å²) in [4.78, 5) is 14.2. The number of hydrogen-bond acceptors (Lipinski definition) is 7. The molecule has 106 valence electrons. The largest absolute Gasteiger partial charge is 0.467 e. The van der Waals surface area contributed by atoms with Crippen LogP contribution in [0.5, 0.6) is 6.01 Å². The van der Waals surface area contributed by atoms with Crippen LogP contribution in [0.2, 0.25) is 0 Å². The molecule has 0 atom stereocenters. The molecule has 0 saturated carbocycles. The van der Waals surface area contributed by atoms with Gasteiger partial charge < -0.3 is 9.64 Å². The van der Waals surface area contributed by atoms with E-state index in [0.717, 1.165) is 10.0 Å². The van der Waals surface area contributed by atoms with Gasteiger partial charge in [-0.3, -0.25) is 5.43 Å². The van der Waals surface area contributed by atoms with E-state index in [1.54, 1.807) is 0 Å². The van der Waals surface area contributed by atoms with E-state index < -0.39 is 0 Å². The highest BCUT2D eigenvalue weighted by molar-refractivity contribution is 9.10. The Bertz CT molecular complexity index is 572. The van der Waals surface area contributed by atoms with Crippen LogP contribution < -0.4 is 20.9 Å². The fourth-order valence-corrected chi connectivity index (χ4v) is 2.04. The molecule has 2 rings (SSSR count). The van der Waals surface area contributed by atoms with E-state index in [1.165, 1.54) is 7.11 Å². The van der Waals surface area contributed by atoms with Crippen molar-refractivity contribution >= 4 is 27.8 Å². The van der Waals surface area contributed by atoms with Crippen LogP contribution in [0.15, 0.2) is 28.7 Å². The first kappa shape index (κ1) is 14.5. The van der Waals surface area contributed by atoms with Crippen molar-refractivity contribution in [3.05, 3.63) is 34.3 Å². The summed E-state index contributed by atoms with van der Waals surface area (Å²) >= 11 is 3.52. The van der Waals surface area contributed by atoms with Crippen molar-refractivity contribution in [2.75, 3.05) is 24.5 Å². The second-order valence-electron chi connectivity index (χ2n) is 4.04. The Morgan fingerprint density at radius 3 is 2.70 bits per heavy atom. The number of nitrogens with zero attached hydrogens (tertiary/aromatic N) is 4. The first-order valence-corrected chi connectivity index (χ1v) is 6.64. The Kier molecular flexibility index (Phi) is 4.70. The van der Waals surface area contributed by atoms with Crippen LogP contribution in [-0.2, 0) is 6.54 Å². The molecule has 7 nitrogen and oxygen atoms in total. The number of hydrogen-bond donors (Lipinski definition) is 2. The van der Waals surface area contributed by atoms with Gasteiger partial charge in [0.15, 0.2) is 0 Å². The summed E-state index contributed by atoms with van der Waals surface area (Å²) in [6.45, 7) is 0.638. The van der Waals surface area contributed by atoms with E-state index >= 15 is 0 Å². The molecule has 0 aliphatic rings. The lowest BCUT2D eigenvalue weighted by Gasteiger charge is -2.18. The van der Waals surface area contributed by atoms with E-state index in [1.807, 2.05) is 36.2 Å². The van der Waals surface area contributed by atoms with Crippen LogP contribution in [0.1, 0.15) is 5.56 Å². The zero-order chi connectivity index (χ0) is 14.5. The number of aromatic nitrogens is 3. The Balaban J connectivity index is 2.24. The van der Waals surface area contributed by atoms with Gasteiger partial charge in [0.25, 0.3) is 0 Å². The Morgan fingerprint density at radius 2 is 2.05 bits per heavy atom. The van der Waals surface area contributed by atoms with Gasteiger partial charge in [0.05, 0.1) is 7.11 Å². The Hall–Kier alpha value is -1.93. The van der Waals surface area contributed by atoms with E-state index in [0.29, 0.717) is 12.5 Å². The highest BCUT2D eigenvalue weighted by atomic mass is 79.9. The maximum Gasteiger partial charge on any atom is 0.322 e. The van der Waals surface area contributed by atoms with Gasteiger partial charge in [0.2, 0.25) is 11.9 Å². The number of nitrogens with one attached hydrogen (secondary N) is 1. The second-order valence-corrected chi connectivity index (χ2v) is 4.89. The second kappa shape index (κ2) is 6.49. The van der Waals surface area contributed by atoms with Crippen molar-refractivity contribution in [1.82, 2.24) is 15.0 Å². The molecule has 0 amide bonds. The number of hydrazine groups is 1. The molecule has 2 aromatic rings. The number of halogens is 1. The molecule has 8 heteroatoms. The third kappa shape index (κ3) is 3.34. The van der Waals surface area contributed by atoms with Crippen molar-refractivity contribution in [3.63, 3.8) is 0 Å². The van der Waals surface area contributed by atoms with Crippen LogP contribution in [0.3, 0.4) is 0 Å². The van der Waals surface area contributed by atoms with Gasteiger partial charge >= 0.3 is 6.01 Å². The molecule has 0 aliphatic carbocycles. The van der Waals surface area contributed by atoms with Gasteiger partial charge in [-0.05, 0) is 11.6 Å². The lowest BCUT2D eigenvalue weighted by Crippen LogP contribution is -2.21. The Labute approximate surface area is 125 Å². The summed E-state index contributed by atoms with van der Waals surface area (Å²) in [6, 6.07) is 8.18. The number of rotatable bonds is 5. The van der Waals surface area contributed by atoms with Gasteiger partial charge in [-0.2, -0.15) is 15.0 Å². The third-order valence-electron chi connectivity index (χ3n) is 2.62. The average Bonchev–Trinajstić information content (AvgIpc) is 2.48. The lowest BCUT2D eigenvalue weighted by atomic mass is 10.2. The molecule has 20 heavy (non-hydrogen) atoms. The summed E-state index contributed by atoms with van der Waals surface area (Å²) in [5.74, 6) is 6.06. The fraction of sp³-hybridized carbons (Fsp3) is 0.250. The summed E-state index contributed by atoms with van der Waals surface area (Å²) in [5, 5.41) is 0. The predicted molar refractivity (Wildman–Crippen MR) is 80.4 cm³/mol. The number of anilines is 2. The van der Waals surface area contributed by atoms with Gasteiger partial charge in [-0.25, -0.2) is 5.84 Å². The normalized spacial score (nSPS) is 10.2. The van der Waals surface area contributed by atoms with Crippen molar-refractivity contribution < 1.29 is 4.74 Å². The third-order valence-corrected chi connectivity index (χ3v) is 3.40. The van der Waals surface area contributed by atoms with Gasteiger partial charge in [-0.1, -0.05) is 34.1 Å². The van der Waals surface area contributed by atoms with Crippen molar-refractivity contribution in [1.29, 1.82) is 0 Å². The summed E-state index contributed by atoms with van der Waals surface area (Å²) in [6.07, 6.45) is 0. The topological polar surface area (TPSA) is 89.2 Å². The molecular formula is C12H15BrN6O. The van der Waals surface area contributed by atoms with Crippen LogP contribution in [0.4, 0.5) is 11.9 Å². The minimum Gasteiger partial charge on any atom is -0.467 e. The molecule has 0 saturated heterocycles. The molecule has 1 aromatic carbocycles. The number of methoxy groups -OCH3 is 1. The quantitative estimate of drug-likeness (QED) is 0.631. The maximum absolute atomic E-state index is 5.33. The van der Waals surface area contributed by atoms with Gasteiger partial charge in [-0.15, -0.1) is 0 Å². The highest BCUT2D eigenvalue weighted by Gasteiger charge is 2.11. The zero-order valence-electron chi connectivity index (χ0n) is 11.2. The molecule has 0 bridgehead atoms. The maximum atomic E-state index is 5.33. The van der Waals surface area contributed by atoms with Crippen molar-refractivity contribution in [3.8, 4) is 6.01 Å². The first-order chi connectivity index (χ1) is 9.63. The smallest absolute Gasteiger partial charge is 0.322 e. The van der Waals surface area contributed by atoms with E-state index in [4.69, 9.17) is 10.6 Å². The summed E-state index contributed by atoms with van der Waals surface area (Å²) < 4.78 is 6.06. The van der Waals surface area contributed by atoms with Gasteiger partial charge in [0, 0.05) is 18.1 Å². The SMILES string of the molecule is COc1nc(NN)nc(N(C)Cc2ccccc2Br)n1. The minimum atomic E-state index is 0.210. The van der Waals surface area contributed by atoms with Crippen LogP contribution in [0, 0.1) is 0 Å². The van der Waals surface area contributed by atoms with E-state index in [2.05, 4.69) is 36.3 Å². The molecule has 1 aromatic heterocycles. The van der Waals surface area contributed by atoms with Gasteiger partial charge in [0.1, 0.15) is 0 Å². The predicted octanol–water partition coefficient (Wildman–Crippen LogP) is 1.56. The number of benzene rings is 1. The minimum absolute atomic E-state index is 0.210. The molecule has 0 unspecified atom stereocenters. The number of nitrogens with two attached hydrogens (primary N) is 1. The molecule has 0 spiro atoms. The van der Waals surface area contributed by atoms with Crippen molar-refractivity contribution in [2.45, 2.75) is 6.54 Å². The molecular weight excluding hydrogens is 324 g/mol. The number of ether oxygens (including phenoxy) is 1. The average molecular weight is 339 g/mol. The highest BCUT2D eigenvalue weighted by Crippen LogP contribution is 2.20. The monoisotopic (exact) mass is 338 g/mol. The first-order valence-electron chi connectivity index (χ1n) is 5.85. The van der Waals surface area contributed by atoms with Crippen LogP contribution in [-0.4, -0.2) is 29.1 Å².